The van der Waals surface area contributed by atoms with Gasteiger partial charge in [-0.15, -0.1) is 0 Å². The molecule has 150 valence electrons. The van der Waals surface area contributed by atoms with Crippen molar-refractivity contribution in [3.05, 3.63) is 83.9 Å². The third-order valence-corrected chi connectivity index (χ3v) is 5.63. The largest absolute Gasteiger partial charge is 0.496 e. The van der Waals surface area contributed by atoms with E-state index in [-0.39, 0.29) is 11.9 Å². The van der Waals surface area contributed by atoms with Gasteiger partial charge in [-0.2, -0.15) is 0 Å². The number of benzene rings is 2. The lowest BCUT2D eigenvalue weighted by Crippen LogP contribution is -2.46. The molecule has 1 aromatic heterocycles. The highest BCUT2D eigenvalue weighted by molar-refractivity contribution is 5.70. The van der Waals surface area contributed by atoms with E-state index in [9.17, 15) is 4.39 Å². The molecule has 2 aromatic carbocycles. The van der Waals surface area contributed by atoms with Crippen LogP contribution in [-0.4, -0.2) is 55.1 Å². The van der Waals surface area contributed by atoms with Crippen LogP contribution in [0.1, 0.15) is 17.2 Å². The van der Waals surface area contributed by atoms with Crippen LogP contribution in [0.15, 0.2) is 67.0 Å². The summed E-state index contributed by atoms with van der Waals surface area (Å²) in [7, 11) is 3.74. The third kappa shape index (κ3) is 4.31. The van der Waals surface area contributed by atoms with Crippen molar-refractivity contribution in [3.63, 3.8) is 0 Å². The Labute approximate surface area is 171 Å². The molecule has 0 aliphatic carbocycles. The molecule has 5 heteroatoms. The van der Waals surface area contributed by atoms with E-state index in [2.05, 4.69) is 58.2 Å². The first-order valence-corrected chi connectivity index (χ1v) is 9.92. The molecule has 1 aliphatic rings. The lowest BCUT2D eigenvalue weighted by atomic mass is 9.94. The van der Waals surface area contributed by atoms with E-state index in [1.807, 2.05) is 12.4 Å². The van der Waals surface area contributed by atoms with Gasteiger partial charge in [-0.25, -0.2) is 4.39 Å². The lowest BCUT2D eigenvalue weighted by Gasteiger charge is -2.38. The highest BCUT2D eigenvalue weighted by atomic mass is 19.1. The number of likely N-dealkylation sites (N-methyl/N-ethyl adjacent to an activating group) is 1. The predicted octanol–water partition coefficient (Wildman–Crippen LogP) is 4.23. The molecule has 4 nitrogen and oxygen atoms in total. The van der Waals surface area contributed by atoms with Crippen molar-refractivity contribution in [2.45, 2.75) is 6.04 Å². The summed E-state index contributed by atoms with van der Waals surface area (Å²) >= 11 is 0. The number of piperazine rings is 1. The van der Waals surface area contributed by atoms with Crippen LogP contribution in [0.2, 0.25) is 0 Å². The number of nitrogens with zero attached hydrogens (tertiary/aromatic N) is 3. The maximum atomic E-state index is 13.5. The van der Waals surface area contributed by atoms with Gasteiger partial charge < -0.3 is 9.64 Å². The zero-order valence-corrected chi connectivity index (χ0v) is 16.9. The zero-order valence-electron chi connectivity index (χ0n) is 16.9. The molecule has 0 bridgehead atoms. The number of aromatic nitrogens is 1. The van der Waals surface area contributed by atoms with Crippen molar-refractivity contribution in [1.82, 2.24) is 14.8 Å². The molecule has 1 fully saturated rings. The van der Waals surface area contributed by atoms with Crippen molar-refractivity contribution < 1.29 is 9.13 Å². The van der Waals surface area contributed by atoms with Crippen LogP contribution in [0.25, 0.3) is 11.1 Å². The maximum absolute atomic E-state index is 13.5. The first kappa shape index (κ1) is 19.6. The Bertz CT molecular complexity index is 938. The molecule has 0 radical (unpaired) electrons. The van der Waals surface area contributed by atoms with E-state index in [1.165, 1.54) is 23.3 Å². The summed E-state index contributed by atoms with van der Waals surface area (Å²) < 4.78 is 18.9. The first-order valence-electron chi connectivity index (χ1n) is 9.92. The Hall–Kier alpha value is -2.76. The van der Waals surface area contributed by atoms with E-state index in [4.69, 9.17) is 4.74 Å². The topological polar surface area (TPSA) is 28.6 Å². The van der Waals surface area contributed by atoms with Crippen LogP contribution in [0, 0.1) is 5.82 Å². The highest BCUT2D eigenvalue weighted by Gasteiger charge is 2.25. The van der Waals surface area contributed by atoms with Crippen LogP contribution in [0.5, 0.6) is 5.75 Å². The SMILES string of the molecule is COc1cc(F)ccc1-c1ccc(C(c2ccncc2)N2CCN(C)CC2)cc1. The van der Waals surface area contributed by atoms with Gasteiger partial charge in [0.1, 0.15) is 11.6 Å². The molecule has 29 heavy (non-hydrogen) atoms. The number of halogens is 1. The second-order valence-corrected chi connectivity index (χ2v) is 7.49. The van der Waals surface area contributed by atoms with Crippen LogP contribution >= 0.6 is 0 Å². The van der Waals surface area contributed by atoms with Crippen LogP contribution < -0.4 is 4.74 Å². The Morgan fingerprint density at radius 1 is 0.897 bits per heavy atom. The summed E-state index contributed by atoms with van der Waals surface area (Å²) in [5.41, 5.74) is 4.39. The van der Waals surface area contributed by atoms with Crippen molar-refractivity contribution in [3.8, 4) is 16.9 Å². The molecule has 0 saturated carbocycles. The lowest BCUT2D eigenvalue weighted by molar-refractivity contribution is 0.127. The summed E-state index contributed by atoms with van der Waals surface area (Å²) in [5.74, 6) is 0.248. The fraction of sp³-hybridized carbons (Fsp3) is 0.292. The fourth-order valence-corrected chi connectivity index (χ4v) is 3.99. The number of hydrogen-bond acceptors (Lipinski definition) is 4. The standard InChI is InChI=1S/C24H26FN3O/c1-27-13-15-28(16-14-27)24(20-9-11-26-12-10-20)19-5-3-18(4-6-19)22-8-7-21(25)17-23(22)29-2/h3-12,17,24H,13-16H2,1-2H3. The maximum Gasteiger partial charge on any atom is 0.129 e. The monoisotopic (exact) mass is 391 g/mol. The summed E-state index contributed by atoms with van der Waals surface area (Å²) in [6, 6.07) is 17.6. The van der Waals surface area contributed by atoms with E-state index in [0.717, 1.165) is 37.3 Å². The summed E-state index contributed by atoms with van der Waals surface area (Å²) in [6.07, 6.45) is 3.71. The minimum atomic E-state index is -0.296. The minimum absolute atomic E-state index is 0.191. The Balaban J connectivity index is 1.67. The van der Waals surface area contributed by atoms with Gasteiger partial charge >= 0.3 is 0 Å². The number of rotatable bonds is 5. The van der Waals surface area contributed by atoms with Gasteiger partial charge in [0.25, 0.3) is 0 Å². The molecular formula is C24H26FN3O. The van der Waals surface area contributed by atoms with Gasteiger partial charge in [0, 0.05) is 50.2 Å². The van der Waals surface area contributed by atoms with Crippen molar-refractivity contribution in [2.75, 3.05) is 40.3 Å². The van der Waals surface area contributed by atoms with Gasteiger partial charge in [0.05, 0.1) is 13.2 Å². The van der Waals surface area contributed by atoms with E-state index in [0.29, 0.717) is 5.75 Å². The zero-order chi connectivity index (χ0) is 20.2. The average Bonchev–Trinajstić information content (AvgIpc) is 2.76. The predicted molar refractivity (Wildman–Crippen MR) is 114 cm³/mol. The normalized spacial score (nSPS) is 16.5. The summed E-state index contributed by atoms with van der Waals surface area (Å²) in [4.78, 5) is 9.08. The molecule has 3 aromatic rings. The second-order valence-electron chi connectivity index (χ2n) is 7.49. The number of hydrogen-bond donors (Lipinski definition) is 0. The van der Waals surface area contributed by atoms with Gasteiger partial charge in [0.2, 0.25) is 0 Å². The highest BCUT2D eigenvalue weighted by Crippen LogP contribution is 2.34. The third-order valence-electron chi connectivity index (χ3n) is 5.63. The molecule has 0 spiro atoms. The number of ether oxygens (including phenoxy) is 1. The average molecular weight is 391 g/mol. The van der Waals surface area contributed by atoms with Crippen LogP contribution in [0.4, 0.5) is 4.39 Å². The van der Waals surface area contributed by atoms with E-state index >= 15 is 0 Å². The molecule has 0 N–H and O–H groups in total. The van der Waals surface area contributed by atoms with Gasteiger partial charge in [-0.1, -0.05) is 24.3 Å². The Kier molecular flexibility index (Phi) is 5.88. The number of methoxy groups -OCH3 is 1. The molecule has 4 rings (SSSR count). The van der Waals surface area contributed by atoms with Crippen molar-refractivity contribution in [2.24, 2.45) is 0 Å². The molecule has 1 atom stereocenters. The van der Waals surface area contributed by atoms with Gasteiger partial charge in [-0.05, 0) is 48.0 Å². The molecule has 1 aliphatic heterocycles. The molecular weight excluding hydrogens is 365 g/mol. The molecule has 0 amide bonds. The number of pyridine rings is 1. The van der Waals surface area contributed by atoms with Crippen LogP contribution in [-0.2, 0) is 0 Å². The quantitative estimate of drug-likeness (QED) is 0.651. The Morgan fingerprint density at radius 3 is 2.21 bits per heavy atom. The second kappa shape index (κ2) is 8.72. The van der Waals surface area contributed by atoms with E-state index < -0.39 is 0 Å². The summed E-state index contributed by atoms with van der Waals surface area (Å²) in [5, 5.41) is 0. The van der Waals surface area contributed by atoms with Gasteiger partial charge in [-0.3, -0.25) is 9.88 Å². The summed E-state index contributed by atoms with van der Waals surface area (Å²) in [6.45, 7) is 4.17. The molecule has 2 heterocycles. The molecule has 1 unspecified atom stereocenters. The fourth-order valence-electron chi connectivity index (χ4n) is 3.99. The minimum Gasteiger partial charge on any atom is -0.496 e. The van der Waals surface area contributed by atoms with Crippen molar-refractivity contribution >= 4 is 0 Å². The Morgan fingerprint density at radius 2 is 1.55 bits per heavy atom. The van der Waals surface area contributed by atoms with Crippen LogP contribution in [0.3, 0.4) is 0 Å². The first-order chi connectivity index (χ1) is 14.2. The molecule has 1 saturated heterocycles. The van der Waals surface area contributed by atoms with Gasteiger partial charge in [0.15, 0.2) is 0 Å². The smallest absolute Gasteiger partial charge is 0.129 e. The van der Waals surface area contributed by atoms with E-state index in [1.54, 1.807) is 13.2 Å². The van der Waals surface area contributed by atoms with Crippen molar-refractivity contribution in [1.29, 1.82) is 0 Å².